The Hall–Kier alpha value is -5.05. The van der Waals surface area contributed by atoms with Crippen molar-refractivity contribution in [1.82, 2.24) is 30.1 Å². The smallest absolute Gasteiger partial charge is 0.227 e. The van der Waals surface area contributed by atoms with Gasteiger partial charge >= 0.3 is 0 Å². The summed E-state index contributed by atoms with van der Waals surface area (Å²) in [5.74, 6) is 1.56. The van der Waals surface area contributed by atoms with E-state index in [1.165, 1.54) is 0 Å². The Labute approximate surface area is 230 Å². The Morgan fingerprint density at radius 2 is 1.80 bits per heavy atom. The number of nitrogens with one attached hydrogen (secondary N) is 3. The first-order chi connectivity index (χ1) is 19.7. The van der Waals surface area contributed by atoms with E-state index >= 15 is 0 Å². The second-order valence-corrected chi connectivity index (χ2v) is 10.1. The topological polar surface area (TPSA) is 121 Å². The van der Waals surface area contributed by atoms with E-state index in [2.05, 4.69) is 25.5 Å². The second kappa shape index (κ2) is 9.92. The number of pyridine rings is 2. The van der Waals surface area contributed by atoms with Crippen LogP contribution in [0.25, 0.3) is 56.0 Å². The van der Waals surface area contributed by atoms with E-state index in [1.54, 1.807) is 19.5 Å². The lowest BCUT2D eigenvalue weighted by Gasteiger charge is -2.11. The standard InChI is InChI=1S/C31H27N7O2/c1-40-22-9-4-8-19(15-22)23-10-5-11-25-27(23)36-30(35-25)29-28-26(37-38-29)13-12-24(34-28)20-14-21(17-32-16-20)33-31(39)18-6-2-3-7-18/h4-5,8-18H,2-3,6-7H2,1H3,(H,33,39)(H,35,36)(H,37,38). The summed E-state index contributed by atoms with van der Waals surface area (Å²) in [6.07, 6.45) is 7.54. The van der Waals surface area contributed by atoms with Crippen LogP contribution in [0.1, 0.15) is 25.7 Å². The van der Waals surface area contributed by atoms with Crippen molar-refractivity contribution in [2.75, 3.05) is 12.4 Å². The first-order valence-corrected chi connectivity index (χ1v) is 13.4. The van der Waals surface area contributed by atoms with E-state index < -0.39 is 0 Å². The number of fused-ring (bicyclic) bond motifs is 2. The molecule has 1 aliphatic carbocycles. The number of ether oxygens (including phenoxy) is 1. The van der Waals surface area contributed by atoms with Crippen molar-refractivity contribution in [3.8, 4) is 39.7 Å². The van der Waals surface area contributed by atoms with Crippen molar-refractivity contribution in [3.63, 3.8) is 0 Å². The summed E-state index contributed by atoms with van der Waals surface area (Å²) in [4.78, 5) is 30.3. The third-order valence-electron chi connectivity index (χ3n) is 7.55. The number of hydrogen-bond donors (Lipinski definition) is 3. The number of methoxy groups -OCH3 is 1. The number of hydrogen-bond acceptors (Lipinski definition) is 6. The number of rotatable bonds is 6. The molecule has 3 N–H and O–H groups in total. The number of nitrogens with zero attached hydrogens (tertiary/aromatic N) is 4. The fraction of sp³-hybridized carbons (Fsp3) is 0.194. The average molecular weight is 530 g/mol. The molecule has 4 aromatic heterocycles. The number of aromatic nitrogens is 6. The molecule has 4 heterocycles. The van der Waals surface area contributed by atoms with Crippen molar-refractivity contribution in [1.29, 1.82) is 0 Å². The van der Waals surface area contributed by atoms with E-state index in [4.69, 9.17) is 14.7 Å². The molecule has 1 fully saturated rings. The zero-order valence-corrected chi connectivity index (χ0v) is 21.9. The minimum absolute atomic E-state index is 0.0650. The van der Waals surface area contributed by atoms with Crippen LogP contribution >= 0.6 is 0 Å². The Bertz CT molecular complexity index is 1870. The molecule has 9 heteroatoms. The van der Waals surface area contributed by atoms with E-state index in [-0.39, 0.29) is 11.8 Å². The predicted molar refractivity (Wildman–Crippen MR) is 155 cm³/mol. The average Bonchev–Trinajstić information content (AvgIpc) is 3.76. The molecule has 1 saturated carbocycles. The molecule has 9 nitrogen and oxygen atoms in total. The van der Waals surface area contributed by atoms with Crippen LogP contribution in [0.2, 0.25) is 0 Å². The highest BCUT2D eigenvalue weighted by molar-refractivity contribution is 5.97. The summed E-state index contributed by atoms with van der Waals surface area (Å²) < 4.78 is 5.42. The predicted octanol–water partition coefficient (Wildman–Crippen LogP) is 6.37. The molecule has 6 aromatic rings. The molecule has 0 spiro atoms. The Kier molecular flexibility index (Phi) is 5.96. The van der Waals surface area contributed by atoms with Crippen LogP contribution in [0, 0.1) is 5.92 Å². The van der Waals surface area contributed by atoms with Crippen LogP contribution < -0.4 is 10.1 Å². The summed E-state index contributed by atoms with van der Waals surface area (Å²) in [6.45, 7) is 0. The van der Waals surface area contributed by atoms with Crippen molar-refractivity contribution in [3.05, 3.63) is 73.1 Å². The minimum Gasteiger partial charge on any atom is -0.497 e. The van der Waals surface area contributed by atoms with Crippen molar-refractivity contribution < 1.29 is 9.53 Å². The molecule has 1 aliphatic rings. The van der Waals surface area contributed by atoms with Gasteiger partial charge < -0.3 is 15.0 Å². The molecule has 198 valence electrons. The highest BCUT2D eigenvalue weighted by Crippen LogP contribution is 2.33. The minimum atomic E-state index is 0.0650. The zero-order chi connectivity index (χ0) is 27.1. The van der Waals surface area contributed by atoms with Crippen LogP contribution in [0.4, 0.5) is 5.69 Å². The maximum absolute atomic E-state index is 12.6. The van der Waals surface area contributed by atoms with Gasteiger partial charge in [0.15, 0.2) is 11.5 Å². The molecule has 0 bridgehead atoms. The molecule has 0 unspecified atom stereocenters. The summed E-state index contributed by atoms with van der Waals surface area (Å²) in [5, 5.41) is 10.7. The lowest BCUT2D eigenvalue weighted by atomic mass is 10.0. The van der Waals surface area contributed by atoms with Gasteiger partial charge in [-0.25, -0.2) is 9.97 Å². The number of carbonyl (C=O) groups is 1. The van der Waals surface area contributed by atoms with Gasteiger partial charge in [0.1, 0.15) is 11.3 Å². The van der Waals surface area contributed by atoms with Gasteiger partial charge in [0.05, 0.1) is 41.2 Å². The first kappa shape index (κ1) is 24.0. The number of H-pyrrole nitrogens is 2. The maximum Gasteiger partial charge on any atom is 0.227 e. The molecule has 0 radical (unpaired) electrons. The Morgan fingerprint density at radius 1 is 0.925 bits per heavy atom. The number of para-hydroxylation sites is 1. The molecule has 40 heavy (non-hydrogen) atoms. The SMILES string of the molecule is COc1cccc(-c2cccc3[nH]c(-c4n[nH]c5ccc(-c6cncc(NC(=O)C7CCCC7)c6)nc45)nc23)c1. The summed E-state index contributed by atoms with van der Waals surface area (Å²) in [6, 6.07) is 19.8. The lowest BCUT2D eigenvalue weighted by Crippen LogP contribution is -2.20. The first-order valence-electron chi connectivity index (χ1n) is 13.4. The van der Waals surface area contributed by atoms with E-state index in [9.17, 15) is 4.79 Å². The van der Waals surface area contributed by atoms with Crippen LogP contribution in [0.15, 0.2) is 73.1 Å². The maximum atomic E-state index is 12.6. The van der Waals surface area contributed by atoms with Gasteiger partial charge in [-0.3, -0.25) is 14.9 Å². The second-order valence-electron chi connectivity index (χ2n) is 10.1. The summed E-state index contributed by atoms with van der Waals surface area (Å²) >= 11 is 0. The van der Waals surface area contributed by atoms with Gasteiger partial charge in [-0.2, -0.15) is 5.10 Å². The Balaban J connectivity index is 1.24. The van der Waals surface area contributed by atoms with Crippen molar-refractivity contribution >= 4 is 33.7 Å². The van der Waals surface area contributed by atoms with Crippen LogP contribution in [0.5, 0.6) is 5.75 Å². The summed E-state index contributed by atoms with van der Waals surface area (Å²) in [5.41, 5.74) is 8.08. The number of benzene rings is 2. The number of anilines is 1. The van der Waals surface area contributed by atoms with E-state index in [1.807, 2.05) is 60.7 Å². The van der Waals surface area contributed by atoms with Gasteiger partial charge in [0.2, 0.25) is 5.91 Å². The monoisotopic (exact) mass is 529 g/mol. The van der Waals surface area contributed by atoms with Crippen LogP contribution in [0.3, 0.4) is 0 Å². The number of aromatic amines is 2. The molecule has 7 rings (SSSR count). The van der Waals surface area contributed by atoms with Gasteiger partial charge in [0, 0.05) is 23.2 Å². The molecule has 0 aliphatic heterocycles. The van der Waals surface area contributed by atoms with Gasteiger partial charge in [-0.1, -0.05) is 37.1 Å². The van der Waals surface area contributed by atoms with Crippen molar-refractivity contribution in [2.45, 2.75) is 25.7 Å². The molecule has 1 amide bonds. The number of amides is 1. The van der Waals surface area contributed by atoms with E-state index in [0.717, 1.165) is 70.4 Å². The quantitative estimate of drug-likeness (QED) is 0.231. The third-order valence-corrected chi connectivity index (χ3v) is 7.55. The van der Waals surface area contributed by atoms with Gasteiger partial charge in [-0.05, 0) is 54.8 Å². The lowest BCUT2D eigenvalue weighted by molar-refractivity contribution is -0.119. The molecule has 2 aromatic carbocycles. The molecule has 0 saturated heterocycles. The molecular weight excluding hydrogens is 502 g/mol. The largest absolute Gasteiger partial charge is 0.497 e. The normalized spacial score (nSPS) is 13.7. The highest BCUT2D eigenvalue weighted by Gasteiger charge is 2.23. The summed E-state index contributed by atoms with van der Waals surface area (Å²) in [7, 11) is 1.66. The molecular formula is C31H27N7O2. The van der Waals surface area contributed by atoms with Gasteiger partial charge in [0.25, 0.3) is 0 Å². The zero-order valence-electron chi connectivity index (χ0n) is 21.9. The number of carbonyl (C=O) groups excluding carboxylic acids is 1. The van der Waals surface area contributed by atoms with Crippen LogP contribution in [-0.2, 0) is 4.79 Å². The third kappa shape index (κ3) is 4.35. The van der Waals surface area contributed by atoms with Crippen LogP contribution in [-0.4, -0.2) is 43.2 Å². The highest BCUT2D eigenvalue weighted by atomic mass is 16.5. The Morgan fingerprint density at radius 3 is 2.67 bits per heavy atom. The van der Waals surface area contributed by atoms with Crippen molar-refractivity contribution in [2.24, 2.45) is 5.92 Å². The fourth-order valence-corrected chi connectivity index (χ4v) is 5.47. The number of imidazole rings is 1. The fourth-order valence-electron chi connectivity index (χ4n) is 5.47. The molecule has 0 atom stereocenters. The van der Waals surface area contributed by atoms with E-state index in [0.29, 0.717) is 22.7 Å². The van der Waals surface area contributed by atoms with Gasteiger partial charge in [-0.15, -0.1) is 0 Å².